The van der Waals surface area contributed by atoms with Gasteiger partial charge in [-0.3, -0.25) is 9.69 Å². The second-order valence-electron chi connectivity index (χ2n) is 5.70. The van der Waals surface area contributed by atoms with Gasteiger partial charge in [0.15, 0.2) is 0 Å². The first-order chi connectivity index (χ1) is 9.97. The number of nitrogens with one attached hydrogen (secondary N) is 1. The fraction of sp³-hybridized carbons (Fsp3) is 0.588. The Balaban J connectivity index is 2.64. The Kier molecular flexibility index (Phi) is 7.23. The summed E-state index contributed by atoms with van der Waals surface area (Å²) in [6, 6.07) is 5.97. The number of carbonyl (C=O) groups excluding carboxylic acids is 1. The summed E-state index contributed by atoms with van der Waals surface area (Å²) in [5.41, 5.74) is 8.28. The van der Waals surface area contributed by atoms with Crippen LogP contribution in [-0.2, 0) is 4.79 Å². The number of nitrogen functional groups attached to an aromatic ring is 1. The highest BCUT2D eigenvalue weighted by atomic mass is 16.2. The smallest absolute Gasteiger partial charge is 0.238 e. The monoisotopic (exact) mass is 291 g/mol. The summed E-state index contributed by atoms with van der Waals surface area (Å²) in [6.45, 7) is 9.88. The maximum absolute atomic E-state index is 12.3. The number of aryl methyl sites for hydroxylation is 1. The number of nitrogens with zero attached hydrogens (tertiary/aromatic N) is 1. The molecule has 1 amide bonds. The van der Waals surface area contributed by atoms with Crippen molar-refractivity contribution in [1.29, 1.82) is 0 Å². The summed E-state index contributed by atoms with van der Waals surface area (Å²) in [6.07, 6.45) is 3.32. The van der Waals surface area contributed by atoms with Gasteiger partial charge in [0.05, 0.1) is 6.54 Å². The van der Waals surface area contributed by atoms with Crippen LogP contribution in [0.2, 0.25) is 0 Å². The second kappa shape index (κ2) is 8.67. The molecule has 0 radical (unpaired) electrons. The topological polar surface area (TPSA) is 58.4 Å². The first-order valence-corrected chi connectivity index (χ1v) is 7.87. The molecule has 0 saturated carbocycles. The van der Waals surface area contributed by atoms with Gasteiger partial charge in [-0.05, 0) is 57.0 Å². The zero-order chi connectivity index (χ0) is 15.8. The number of unbranched alkanes of at least 4 members (excludes halogenated alkanes) is 1. The Morgan fingerprint density at radius 2 is 2.10 bits per heavy atom. The van der Waals surface area contributed by atoms with E-state index in [1.165, 1.54) is 0 Å². The molecule has 4 nitrogen and oxygen atoms in total. The molecule has 1 atom stereocenters. The number of amides is 1. The second-order valence-corrected chi connectivity index (χ2v) is 5.70. The zero-order valence-electron chi connectivity index (χ0n) is 13.8. The lowest BCUT2D eigenvalue weighted by Gasteiger charge is -2.27. The summed E-state index contributed by atoms with van der Waals surface area (Å²) < 4.78 is 0. The molecule has 21 heavy (non-hydrogen) atoms. The van der Waals surface area contributed by atoms with E-state index >= 15 is 0 Å². The van der Waals surface area contributed by atoms with Gasteiger partial charge in [0.1, 0.15) is 0 Å². The quantitative estimate of drug-likeness (QED) is 0.722. The van der Waals surface area contributed by atoms with E-state index in [4.69, 9.17) is 5.73 Å². The van der Waals surface area contributed by atoms with Gasteiger partial charge >= 0.3 is 0 Å². The minimum absolute atomic E-state index is 0.0410. The molecule has 0 saturated heterocycles. The Morgan fingerprint density at radius 3 is 2.67 bits per heavy atom. The van der Waals surface area contributed by atoms with E-state index in [2.05, 4.69) is 31.0 Å². The Bertz CT molecular complexity index is 459. The van der Waals surface area contributed by atoms with Gasteiger partial charge in [0, 0.05) is 17.4 Å². The lowest BCUT2D eigenvalue weighted by molar-refractivity contribution is -0.117. The highest BCUT2D eigenvalue weighted by Crippen LogP contribution is 2.17. The van der Waals surface area contributed by atoms with E-state index in [0.717, 1.165) is 42.7 Å². The normalized spacial score (nSPS) is 12.4. The van der Waals surface area contributed by atoms with E-state index in [1.807, 2.05) is 25.1 Å². The van der Waals surface area contributed by atoms with Crippen LogP contribution in [0.4, 0.5) is 11.4 Å². The van der Waals surface area contributed by atoms with Crippen LogP contribution in [0, 0.1) is 6.92 Å². The van der Waals surface area contributed by atoms with Gasteiger partial charge in [0.25, 0.3) is 0 Å². The van der Waals surface area contributed by atoms with Crippen LogP contribution in [0.3, 0.4) is 0 Å². The van der Waals surface area contributed by atoms with Crippen molar-refractivity contribution < 1.29 is 4.79 Å². The number of benzene rings is 1. The number of rotatable bonds is 8. The standard InChI is InChI=1S/C17H29N3O/c1-5-7-10-20(14(4)6-2)12-17(21)19-16-9-8-15(18)11-13(16)3/h8-9,11,14H,5-7,10,12,18H2,1-4H3,(H,19,21). The van der Waals surface area contributed by atoms with Crippen molar-refractivity contribution in [3.8, 4) is 0 Å². The zero-order valence-corrected chi connectivity index (χ0v) is 13.8. The molecule has 1 rings (SSSR count). The predicted molar refractivity (Wildman–Crippen MR) is 90.5 cm³/mol. The predicted octanol–water partition coefficient (Wildman–Crippen LogP) is 3.42. The van der Waals surface area contributed by atoms with Crippen molar-refractivity contribution >= 4 is 17.3 Å². The van der Waals surface area contributed by atoms with Crippen LogP contribution in [0.25, 0.3) is 0 Å². The van der Waals surface area contributed by atoms with Crippen LogP contribution in [0.5, 0.6) is 0 Å². The van der Waals surface area contributed by atoms with Crippen LogP contribution in [0.1, 0.15) is 45.6 Å². The maximum Gasteiger partial charge on any atom is 0.238 e. The summed E-state index contributed by atoms with van der Waals surface area (Å²) in [4.78, 5) is 14.5. The first kappa shape index (κ1) is 17.5. The summed E-state index contributed by atoms with van der Waals surface area (Å²) >= 11 is 0. The van der Waals surface area contributed by atoms with Crippen molar-refractivity contribution in [2.24, 2.45) is 0 Å². The van der Waals surface area contributed by atoms with E-state index in [-0.39, 0.29) is 5.91 Å². The van der Waals surface area contributed by atoms with Crippen molar-refractivity contribution in [3.05, 3.63) is 23.8 Å². The number of hydrogen-bond donors (Lipinski definition) is 2. The van der Waals surface area contributed by atoms with E-state index < -0.39 is 0 Å². The van der Waals surface area contributed by atoms with Crippen LogP contribution in [0.15, 0.2) is 18.2 Å². The van der Waals surface area contributed by atoms with E-state index in [0.29, 0.717) is 12.6 Å². The van der Waals surface area contributed by atoms with Gasteiger partial charge in [-0.25, -0.2) is 0 Å². The average molecular weight is 291 g/mol. The van der Waals surface area contributed by atoms with Crippen molar-refractivity contribution in [1.82, 2.24) is 4.90 Å². The lowest BCUT2D eigenvalue weighted by atomic mass is 10.1. The molecule has 0 aliphatic rings. The minimum Gasteiger partial charge on any atom is -0.399 e. The van der Waals surface area contributed by atoms with Gasteiger partial charge in [-0.1, -0.05) is 20.3 Å². The highest BCUT2D eigenvalue weighted by molar-refractivity contribution is 5.93. The molecular formula is C17H29N3O. The van der Waals surface area contributed by atoms with Gasteiger partial charge in [-0.2, -0.15) is 0 Å². The first-order valence-electron chi connectivity index (χ1n) is 7.87. The molecule has 0 heterocycles. The third kappa shape index (κ3) is 5.76. The highest BCUT2D eigenvalue weighted by Gasteiger charge is 2.16. The van der Waals surface area contributed by atoms with Crippen LogP contribution >= 0.6 is 0 Å². The third-order valence-electron chi connectivity index (χ3n) is 3.88. The summed E-state index contributed by atoms with van der Waals surface area (Å²) in [5.74, 6) is 0.0410. The molecule has 0 bridgehead atoms. The van der Waals surface area contributed by atoms with Crippen LogP contribution < -0.4 is 11.1 Å². The van der Waals surface area contributed by atoms with Gasteiger partial charge < -0.3 is 11.1 Å². The fourth-order valence-electron chi connectivity index (χ4n) is 2.28. The molecule has 1 unspecified atom stereocenters. The Labute approximate surface area is 128 Å². The maximum atomic E-state index is 12.3. The average Bonchev–Trinajstić information content (AvgIpc) is 2.45. The minimum atomic E-state index is 0.0410. The van der Waals surface area contributed by atoms with Gasteiger partial charge in [-0.15, -0.1) is 0 Å². The molecule has 1 aromatic carbocycles. The SMILES string of the molecule is CCCCN(CC(=O)Nc1ccc(N)cc1C)C(C)CC. The van der Waals surface area contributed by atoms with Gasteiger partial charge in [0.2, 0.25) is 5.91 Å². The molecule has 0 aromatic heterocycles. The lowest BCUT2D eigenvalue weighted by Crippen LogP contribution is -2.39. The number of anilines is 2. The summed E-state index contributed by atoms with van der Waals surface area (Å²) in [5, 5.41) is 2.99. The molecular weight excluding hydrogens is 262 g/mol. The Morgan fingerprint density at radius 1 is 1.38 bits per heavy atom. The Hall–Kier alpha value is -1.55. The van der Waals surface area contributed by atoms with Crippen molar-refractivity contribution in [3.63, 3.8) is 0 Å². The number of carbonyl (C=O) groups is 1. The molecule has 1 aromatic rings. The number of hydrogen-bond acceptors (Lipinski definition) is 3. The van der Waals surface area contributed by atoms with Crippen LogP contribution in [-0.4, -0.2) is 29.9 Å². The molecule has 118 valence electrons. The molecule has 0 fully saturated rings. The molecule has 0 aliphatic carbocycles. The number of nitrogens with two attached hydrogens (primary N) is 1. The van der Waals surface area contributed by atoms with E-state index in [1.54, 1.807) is 0 Å². The molecule has 3 N–H and O–H groups in total. The molecule has 4 heteroatoms. The third-order valence-corrected chi connectivity index (χ3v) is 3.88. The molecule has 0 spiro atoms. The fourth-order valence-corrected chi connectivity index (χ4v) is 2.28. The van der Waals surface area contributed by atoms with Crippen molar-refractivity contribution in [2.45, 2.75) is 53.0 Å². The molecule has 0 aliphatic heterocycles. The van der Waals surface area contributed by atoms with Crippen molar-refractivity contribution in [2.75, 3.05) is 24.1 Å². The van der Waals surface area contributed by atoms with E-state index in [9.17, 15) is 4.79 Å². The largest absolute Gasteiger partial charge is 0.399 e. The summed E-state index contributed by atoms with van der Waals surface area (Å²) in [7, 11) is 0.